The number of rotatable bonds is 7. The topological polar surface area (TPSA) is 92.5 Å². The predicted molar refractivity (Wildman–Crippen MR) is 116 cm³/mol. The van der Waals surface area contributed by atoms with Crippen LogP contribution in [0.1, 0.15) is 46.7 Å². The molecular weight excluding hydrogens is 382 g/mol. The Labute approximate surface area is 175 Å². The molecule has 0 unspecified atom stereocenters. The maximum absolute atomic E-state index is 12.6. The number of hydrazine groups is 1. The molecule has 1 aromatic heterocycles. The summed E-state index contributed by atoms with van der Waals surface area (Å²) < 4.78 is 11.1. The number of para-hydroxylation sites is 1. The minimum absolute atomic E-state index is 0.346. The highest BCUT2D eigenvalue weighted by atomic mass is 16.5. The lowest BCUT2D eigenvalue weighted by Crippen LogP contribution is -2.41. The highest BCUT2D eigenvalue weighted by Gasteiger charge is 2.17. The van der Waals surface area contributed by atoms with Crippen molar-refractivity contribution in [2.75, 3.05) is 13.7 Å². The number of methoxy groups -OCH3 is 1. The van der Waals surface area contributed by atoms with Gasteiger partial charge >= 0.3 is 0 Å². The Bertz CT molecular complexity index is 1060. The van der Waals surface area contributed by atoms with Gasteiger partial charge in [-0.2, -0.15) is 0 Å². The Morgan fingerprint density at radius 3 is 2.50 bits per heavy atom. The minimum Gasteiger partial charge on any atom is -0.493 e. The van der Waals surface area contributed by atoms with Crippen LogP contribution in [0.5, 0.6) is 11.5 Å². The molecule has 0 aliphatic heterocycles. The first-order valence-electron chi connectivity index (χ1n) is 9.89. The van der Waals surface area contributed by atoms with Crippen molar-refractivity contribution in [3.8, 4) is 11.5 Å². The second-order valence-corrected chi connectivity index (χ2v) is 7.48. The number of ether oxygens (including phenoxy) is 2. The second-order valence-electron chi connectivity index (χ2n) is 7.48. The fourth-order valence-corrected chi connectivity index (χ4v) is 3.15. The molecule has 0 saturated carbocycles. The number of aromatic nitrogens is 1. The van der Waals surface area contributed by atoms with Gasteiger partial charge in [0.15, 0.2) is 11.5 Å². The largest absolute Gasteiger partial charge is 0.493 e. The number of aromatic amines is 1. The molecule has 2 amide bonds. The monoisotopic (exact) mass is 409 g/mol. The fourth-order valence-electron chi connectivity index (χ4n) is 3.15. The molecule has 7 heteroatoms. The molecule has 7 nitrogen and oxygen atoms in total. The first-order chi connectivity index (χ1) is 14.4. The molecule has 0 bridgehead atoms. The van der Waals surface area contributed by atoms with Crippen LogP contribution in [-0.2, 0) is 0 Å². The molecule has 2 aromatic carbocycles. The van der Waals surface area contributed by atoms with Crippen molar-refractivity contribution in [3.63, 3.8) is 0 Å². The van der Waals surface area contributed by atoms with Crippen molar-refractivity contribution >= 4 is 22.7 Å². The van der Waals surface area contributed by atoms with E-state index >= 15 is 0 Å². The maximum Gasteiger partial charge on any atom is 0.272 e. The van der Waals surface area contributed by atoms with E-state index in [-0.39, 0.29) is 5.91 Å². The van der Waals surface area contributed by atoms with E-state index in [1.165, 1.54) is 7.11 Å². The standard InChI is InChI=1S/C23H27N3O4/c1-14(2)11-12-30-19-10-9-16(13-20(19)29-4)22(27)25-26-23(28)21-15(3)24-18-8-6-5-7-17(18)21/h5-10,13-14,24H,11-12H2,1-4H3,(H,25,27)(H,26,28). The summed E-state index contributed by atoms with van der Waals surface area (Å²) in [6.45, 7) is 6.64. The van der Waals surface area contributed by atoms with E-state index in [2.05, 4.69) is 29.7 Å². The molecule has 30 heavy (non-hydrogen) atoms. The van der Waals surface area contributed by atoms with Crippen LogP contribution in [0.25, 0.3) is 10.9 Å². The van der Waals surface area contributed by atoms with Crippen LogP contribution < -0.4 is 20.3 Å². The van der Waals surface area contributed by atoms with Crippen LogP contribution in [0.3, 0.4) is 0 Å². The number of carbonyl (C=O) groups is 2. The summed E-state index contributed by atoms with van der Waals surface area (Å²) >= 11 is 0. The van der Waals surface area contributed by atoms with Gasteiger partial charge in [0.25, 0.3) is 11.8 Å². The smallest absolute Gasteiger partial charge is 0.272 e. The average Bonchev–Trinajstić information content (AvgIpc) is 3.07. The van der Waals surface area contributed by atoms with Crippen LogP contribution in [0.2, 0.25) is 0 Å². The third-order valence-corrected chi connectivity index (χ3v) is 4.79. The Morgan fingerprint density at radius 2 is 1.77 bits per heavy atom. The molecule has 0 atom stereocenters. The molecule has 0 spiro atoms. The molecule has 0 fully saturated rings. The van der Waals surface area contributed by atoms with E-state index < -0.39 is 5.91 Å². The number of hydrogen-bond donors (Lipinski definition) is 3. The molecule has 3 rings (SSSR count). The van der Waals surface area contributed by atoms with Gasteiger partial charge in [0, 0.05) is 22.2 Å². The molecule has 0 radical (unpaired) electrons. The van der Waals surface area contributed by atoms with Crippen LogP contribution in [0, 0.1) is 12.8 Å². The van der Waals surface area contributed by atoms with E-state index in [0.29, 0.717) is 35.2 Å². The SMILES string of the molecule is COc1cc(C(=O)NNC(=O)c2c(C)[nH]c3ccccc23)ccc1OCCC(C)C. The Morgan fingerprint density at radius 1 is 1.03 bits per heavy atom. The van der Waals surface area contributed by atoms with Crippen LogP contribution in [0.15, 0.2) is 42.5 Å². The lowest BCUT2D eigenvalue weighted by atomic mass is 10.1. The fraction of sp³-hybridized carbons (Fsp3) is 0.304. The number of nitrogens with one attached hydrogen (secondary N) is 3. The van der Waals surface area contributed by atoms with Gasteiger partial charge in [-0.15, -0.1) is 0 Å². The van der Waals surface area contributed by atoms with Crippen molar-refractivity contribution in [1.82, 2.24) is 15.8 Å². The van der Waals surface area contributed by atoms with Crippen molar-refractivity contribution in [2.45, 2.75) is 27.2 Å². The van der Waals surface area contributed by atoms with E-state index in [0.717, 1.165) is 23.0 Å². The van der Waals surface area contributed by atoms with Gasteiger partial charge in [-0.25, -0.2) is 0 Å². The first-order valence-corrected chi connectivity index (χ1v) is 9.89. The number of carbonyl (C=O) groups excluding carboxylic acids is 2. The minimum atomic E-state index is -0.451. The molecule has 1 heterocycles. The van der Waals surface area contributed by atoms with E-state index in [9.17, 15) is 9.59 Å². The van der Waals surface area contributed by atoms with E-state index in [1.807, 2.05) is 31.2 Å². The third-order valence-electron chi connectivity index (χ3n) is 4.79. The average molecular weight is 409 g/mol. The zero-order valence-corrected chi connectivity index (χ0v) is 17.7. The number of H-pyrrole nitrogens is 1. The Hall–Kier alpha value is -3.48. The normalized spacial score (nSPS) is 10.8. The lowest BCUT2D eigenvalue weighted by Gasteiger charge is -2.13. The van der Waals surface area contributed by atoms with Gasteiger partial charge in [-0.1, -0.05) is 32.0 Å². The van der Waals surface area contributed by atoms with Crippen molar-refractivity contribution in [2.24, 2.45) is 5.92 Å². The van der Waals surface area contributed by atoms with Crippen LogP contribution in [0.4, 0.5) is 0 Å². The molecule has 158 valence electrons. The summed E-state index contributed by atoms with van der Waals surface area (Å²) in [4.78, 5) is 28.3. The Balaban J connectivity index is 1.67. The number of amides is 2. The molecule has 0 aliphatic carbocycles. The molecule has 3 N–H and O–H groups in total. The summed E-state index contributed by atoms with van der Waals surface area (Å²) in [5, 5.41) is 0.798. The van der Waals surface area contributed by atoms with Crippen LogP contribution in [-0.4, -0.2) is 30.5 Å². The van der Waals surface area contributed by atoms with Gasteiger partial charge in [0.2, 0.25) is 0 Å². The summed E-state index contributed by atoms with van der Waals surface area (Å²) in [6.07, 6.45) is 0.921. The van der Waals surface area contributed by atoms with Gasteiger partial charge < -0.3 is 14.5 Å². The number of benzene rings is 2. The van der Waals surface area contributed by atoms with Gasteiger partial charge in [-0.3, -0.25) is 20.4 Å². The summed E-state index contributed by atoms with van der Waals surface area (Å²) in [5.41, 5.74) is 7.38. The van der Waals surface area contributed by atoms with Crippen molar-refractivity contribution in [3.05, 3.63) is 59.3 Å². The quantitative estimate of drug-likeness (QED) is 0.515. The zero-order valence-electron chi connectivity index (χ0n) is 17.7. The second kappa shape index (κ2) is 9.35. The molecule has 3 aromatic rings. The van der Waals surface area contributed by atoms with Gasteiger partial charge in [0.05, 0.1) is 19.3 Å². The predicted octanol–water partition coefficient (Wildman–Crippen LogP) is 3.98. The molecule has 0 aliphatic rings. The van der Waals surface area contributed by atoms with Crippen molar-refractivity contribution in [1.29, 1.82) is 0 Å². The maximum atomic E-state index is 12.6. The van der Waals surface area contributed by atoms with E-state index in [4.69, 9.17) is 9.47 Å². The first kappa shape index (κ1) is 21.2. The summed E-state index contributed by atoms with van der Waals surface area (Å²) in [6, 6.07) is 12.4. The summed E-state index contributed by atoms with van der Waals surface area (Å²) in [5.74, 6) is 0.732. The highest BCUT2D eigenvalue weighted by molar-refractivity contribution is 6.09. The van der Waals surface area contributed by atoms with Gasteiger partial charge in [-0.05, 0) is 43.5 Å². The molecule has 0 saturated heterocycles. The number of hydrogen-bond acceptors (Lipinski definition) is 4. The Kier molecular flexibility index (Phi) is 6.61. The zero-order chi connectivity index (χ0) is 21.7. The number of fused-ring (bicyclic) bond motifs is 1. The third kappa shape index (κ3) is 4.74. The molecular formula is C23H27N3O4. The van der Waals surface area contributed by atoms with E-state index in [1.54, 1.807) is 18.2 Å². The van der Waals surface area contributed by atoms with Gasteiger partial charge in [0.1, 0.15) is 0 Å². The van der Waals surface area contributed by atoms with Crippen LogP contribution >= 0.6 is 0 Å². The number of aryl methyl sites for hydroxylation is 1. The van der Waals surface area contributed by atoms with Crippen molar-refractivity contribution < 1.29 is 19.1 Å². The lowest BCUT2D eigenvalue weighted by molar-refractivity contribution is 0.0847. The summed E-state index contributed by atoms with van der Waals surface area (Å²) in [7, 11) is 1.52. The highest BCUT2D eigenvalue weighted by Crippen LogP contribution is 2.28.